The minimum absolute atomic E-state index is 0.246. The molecule has 0 spiro atoms. The highest BCUT2D eigenvalue weighted by molar-refractivity contribution is 5.88. The first-order chi connectivity index (χ1) is 13.6. The summed E-state index contributed by atoms with van der Waals surface area (Å²) < 4.78 is 0. The number of carboxylic acid groups (broad SMARTS) is 1. The van der Waals surface area contributed by atoms with Gasteiger partial charge in [0.1, 0.15) is 5.82 Å². The number of hydrogen-bond acceptors (Lipinski definition) is 4. The Bertz CT molecular complexity index is 967. The first-order valence-electron chi connectivity index (χ1n) is 9.28. The van der Waals surface area contributed by atoms with Crippen LogP contribution in [0.2, 0.25) is 0 Å². The molecule has 0 aliphatic heterocycles. The van der Waals surface area contributed by atoms with Gasteiger partial charge in [0.25, 0.3) is 0 Å². The lowest BCUT2D eigenvalue weighted by atomic mass is 10.1. The van der Waals surface area contributed by atoms with Crippen molar-refractivity contribution in [2.45, 2.75) is 26.2 Å². The van der Waals surface area contributed by atoms with E-state index < -0.39 is 5.97 Å². The van der Waals surface area contributed by atoms with Crippen molar-refractivity contribution in [3.05, 3.63) is 84.1 Å². The smallest absolute Gasteiger partial charge is 0.335 e. The summed E-state index contributed by atoms with van der Waals surface area (Å²) in [5, 5.41) is 12.4. The maximum atomic E-state index is 11.1. The number of aryl methyl sites for hydroxylation is 1. The van der Waals surface area contributed by atoms with Crippen LogP contribution in [0.4, 0.5) is 11.5 Å². The molecule has 28 heavy (non-hydrogen) atoms. The van der Waals surface area contributed by atoms with Gasteiger partial charge < -0.3 is 10.4 Å². The summed E-state index contributed by atoms with van der Waals surface area (Å²) in [5.74, 6) is 0.444. The highest BCUT2D eigenvalue weighted by Crippen LogP contribution is 2.27. The zero-order chi connectivity index (χ0) is 19.9. The SMILES string of the molecule is C=CCc1c(CCC)nc(-c2ccccc2)nc1Nc1ccc(C(=O)O)cc1. The Morgan fingerprint density at radius 3 is 2.43 bits per heavy atom. The van der Waals surface area contributed by atoms with Crippen LogP contribution in [0.3, 0.4) is 0 Å². The molecule has 0 bridgehead atoms. The summed E-state index contributed by atoms with van der Waals surface area (Å²) in [4.78, 5) is 20.7. The van der Waals surface area contributed by atoms with Gasteiger partial charge in [0, 0.05) is 16.8 Å². The quantitative estimate of drug-likeness (QED) is 0.526. The van der Waals surface area contributed by atoms with E-state index in [4.69, 9.17) is 15.1 Å². The largest absolute Gasteiger partial charge is 0.478 e. The molecule has 1 aromatic heterocycles. The molecule has 0 amide bonds. The van der Waals surface area contributed by atoms with Crippen LogP contribution in [-0.4, -0.2) is 21.0 Å². The normalized spacial score (nSPS) is 10.5. The van der Waals surface area contributed by atoms with Gasteiger partial charge in [-0.25, -0.2) is 14.8 Å². The summed E-state index contributed by atoms with van der Waals surface area (Å²) in [6.07, 6.45) is 4.32. The second kappa shape index (κ2) is 8.95. The fourth-order valence-electron chi connectivity index (χ4n) is 2.99. The molecule has 5 nitrogen and oxygen atoms in total. The molecule has 0 fully saturated rings. The Morgan fingerprint density at radius 2 is 1.82 bits per heavy atom. The zero-order valence-electron chi connectivity index (χ0n) is 15.9. The summed E-state index contributed by atoms with van der Waals surface area (Å²) in [6.45, 7) is 5.99. The third-order valence-electron chi connectivity index (χ3n) is 4.35. The number of carboxylic acids is 1. The number of benzene rings is 2. The van der Waals surface area contributed by atoms with Crippen molar-refractivity contribution in [3.63, 3.8) is 0 Å². The molecule has 0 radical (unpaired) electrons. The Balaban J connectivity index is 2.06. The van der Waals surface area contributed by atoms with Crippen LogP contribution in [-0.2, 0) is 12.8 Å². The molecule has 2 aromatic carbocycles. The highest BCUT2D eigenvalue weighted by Gasteiger charge is 2.15. The van der Waals surface area contributed by atoms with Gasteiger partial charge in [0.05, 0.1) is 11.3 Å². The number of aromatic nitrogens is 2. The molecule has 0 saturated heterocycles. The lowest BCUT2D eigenvalue weighted by Crippen LogP contribution is -2.08. The van der Waals surface area contributed by atoms with E-state index in [-0.39, 0.29) is 5.56 Å². The van der Waals surface area contributed by atoms with Gasteiger partial charge in [0.15, 0.2) is 5.82 Å². The van der Waals surface area contributed by atoms with Crippen molar-refractivity contribution >= 4 is 17.5 Å². The minimum Gasteiger partial charge on any atom is -0.478 e. The van der Waals surface area contributed by atoms with Crippen LogP contribution >= 0.6 is 0 Å². The van der Waals surface area contributed by atoms with E-state index in [1.807, 2.05) is 36.4 Å². The summed E-state index contributed by atoms with van der Waals surface area (Å²) in [5.41, 5.74) is 3.99. The molecule has 0 aliphatic carbocycles. The molecule has 0 saturated carbocycles. The van der Waals surface area contributed by atoms with Crippen LogP contribution in [0.25, 0.3) is 11.4 Å². The van der Waals surface area contributed by atoms with Crippen molar-refractivity contribution in [3.8, 4) is 11.4 Å². The molecule has 142 valence electrons. The molecular weight excluding hydrogens is 350 g/mol. The average Bonchev–Trinajstić information content (AvgIpc) is 2.71. The number of aromatic carboxylic acids is 1. The van der Waals surface area contributed by atoms with E-state index >= 15 is 0 Å². The third-order valence-corrected chi connectivity index (χ3v) is 4.35. The van der Waals surface area contributed by atoms with Crippen molar-refractivity contribution < 1.29 is 9.90 Å². The first-order valence-corrected chi connectivity index (χ1v) is 9.28. The van der Waals surface area contributed by atoms with Gasteiger partial charge >= 0.3 is 5.97 Å². The number of hydrogen-bond donors (Lipinski definition) is 2. The van der Waals surface area contributed by atoms with Crippen molar-refractivity contribution in [1.82, 2.24) is 9.97 Å². The van der Waals surface area contributed by atoms with Crippen molar-refractivity contribution in [2.24, 2.45) is 0 Å². The molecule has 3 rings (SSSR count). The number of carbonyl (C=O) groups is 1. The number of nitrogens with zero attached hydrogens (tertiary/aromatic N) is 2. The van der Waals surface area contributed by atoms with Crippen LogP contribution in [0.15, 0.2) is 67.3 Å². The predicted molar refractivity (Wildman–Crippen MR) is 112 cm³/mol. The van der Waals surface area contributed by atoms with Crippen LogP contribution < -0.4 is 5.32 Å². The summed E-state index contributed by atoms with van der Waals surface area (Å²) in [7, 11) is 0. The van der Waals surface area contributed by atoms with Crippen LogP contribution in [0.5, 0.6) is 0 Å². The van der Waals surface area contributed by atoms with E-state index in [0.29, 0.717) is 12.2 Å². The second-order valence-electron chi connectivity index (χ2n) is 6.44. The summed E-state index contributed by atoms with van der Waals surface area (Å²) >= 11 is 0. The summed E-state index contributed by atoms with van der Waals surface area (Å²) in [6, 6.07) is 16.5. The van der Waals surface area contributed by atoms with E-state index in [1.54, 1.807) is 24.3 Å². The molecule has 5 heteroatoms. The Labute approximate surface area is 164 Å². The lowest BCUT2D eigenvalue weighted by Gasteiger charge is -2.16. The van der Waals surface area contributed by atoms with Gasteiger partial charge in [0.2, 0.25) is 0 Å². The van der Waals surface area contributed by atoms with Gasteiger partial charge in [-0.1, -0.05) is 49.8 Å². The standard InChI is InChI=1S/C23H23N3O2/c1-3-8-19-20(9-4-2)25-21(16-10-6-5-7-11-16)26-22(19)24-18-14-12-17(13-15-18)23(27)28/h3,5-7,10-15H,1,4,8-9H2,2H3,(H,27,28)(H,24,25,26). The number of rotatable bonds is 8. The van der Waals surface area contributed by atoms with Gasteiger partial charge in [-0.05, 0) is 37.1 Å². The Hall–Kier alpha value is -3.47. The molecule has 0 unspecified atom stereocenters. The van der Waals surface area contributed by atoms with Gasteiger partial charge in [-0.2, -0.15) is 0 Å². The highest BCUT2D eigenvalue weighted by atomic mass is 16.4. The number of anilines is 2. The molecule has 1 heterocycles. The van der Waals surface area contributed by atoms with E-state index in [9.17, 15) is 4.79 Å². The van der Waals surface area contributed by atoms with E-state index in [1.165, 1.54) is 0 Å². The van der Waals surface area contributed by atoms with Crippen molar-refractivity contribution in [1.29, 1.82) is 0 Å². The van der Waals surface area contributed by atoms with Gasteiger partial charge in [-0.3, -0.25) is 0 Å². The zero-order valence-corrected chi connectivity index (χ0v) is 15.9. The maximum Gasteiger partial charge on any atom is 0.335 e. The molecule has 3 aromatic rings. The average molecular weight is 373 g/mol. The van der Waals surface area contributed by atoms with Crippen LogP contribution in [0, 0.1) is 0 Å². The third kappa shape index (κ3) is 4.43. The predicted octanol–water partition coefficient (Wildman–Crippen LogP) is 5.27. The lowest BCUT2D eigenvalue weighted by molar-refractivity contribution is 0.0697. The Morgan fingerprint density at radius 1 is 1.11 bits per heavy atom. The molecular formula is C23H23N3O2. The van der Waals surface area contributed by atoms with E-state index in [0.717, 1.165) is 41.2 Å². The number of allylic oxidation sites excluding steroid dienone is 1. The van der Waals surface area contributed by atoms with Crippen molar-refractivity contribution in [2.75, 3.05) is 5.32 Å². The second-order valence-corrected chi connectivity index (χ2v) is 6.44. The molecule has 0 atom stereocenters. The van der Waals surface area contributed by atoms with Gasteiger partial charge in [-0.15, -0.1) is 6.58 Å². The Kier molecular flexibility index (Phi) is 6.17. The number of nitrogens with one attached hydrogen (secondary N) is 1. The maximum absolute atomic E-state index is 11.1. The molecule has 2 N–H and O–H groups in total. The molecule has 0 aliphatic rings. The fourth-order valence-corrected chi connectivity index (χ4v) is 2.99. The van der Waals surface area contributed by atoms with Crippen LogP contribution in [0.1, 0.15) is 35.0 Å². The fraction of sp³-hybridized carbons (Fsp3) is 0.174. The van der Waals surface area contributed by atoms with E-state index in [2.05, 4.69) is 18.8 Å². The topological polar surface area (TPSA) is 75.1 Å². The minimum atomic E-state index is -0.947. The monoisotopic (exact) mass is 373 g/mol. The first kappa shape index (κ1) is 19.3.